The summed E-state index contributed by atoms with van der Waals surface area (Å²) >= 11 is 0. The van der Waals surface area contributed by atoms with Crippen molar-refractivity contribution >= 4 is 12.0 Å². The van der Waals surface area contributed by atoms with Gasteiger partial charge in [0, 0.05) is 12.1 Å². The SMILES string of the molecule is C=CCN(C(=O)NC1(C(=O)O)CCCCC1)C(C)(C)C. The molecule has 0 atom stereocenters. The van der Waals surface area contributed by atoms with E-state index >= 15 is 0 Å². The summed E-state index contributed by atoms with van der Waals surface area (Å²) < 4.78 is 0. The van der Waals surface area contributed by atoms with Crippen LogP contribution in [0.2, 0.25) is 0 Å². The summed E-state index contributed by atoms with van der Waals surface area (Å²) in [7, 11) is 0. The quantitative estimate of drug-likeness (QED) is 0.779. The molecule has 0 saturated heterocycles. The van der Waals surface area contributed by atoms with Crippen molar-refractivity contribution in [3.8, 4) is 0 Å². The molecule has 2 amide bonds. The summed E-state index contributed by atoms with van der Waals surface area (Å²) in [6.07, 6.45) is 5.35. The molecule has 20 heavy (non-hydrogen) atoms. The van der Waals surface area contributed by atoms with Gasteiger partial charge in [-0.2, -0.15) is 0 Å². The van der Waals surface area contributed by atoms with E-state index in [0.29, 0.717) is 19.4 Å². The Kier molecular flexibility index (Phi) is 5.20. The third-order valence-corrected chi connectivity index (χ3v) is 3.83. The summed E-state index contributed by atoms with van der Waals surface area (Å²) in [6.45, 7) is 9.81. The Balaban J connectivity index is 2.89. The average molecular weight is 282 g/mol. The minimum atomic E-state index is -1.11. The number of hydrogen-bond donors (Lipinski definition) is 2. The fraction of sp³-hybridized carbons (Fsp3) is 0.733. The second kappa shape index (κ2) is 6.29. The van der Waals surface area contributed by atoms with Crippen LogP contribution in [-0.4, -0.2) is 39.6 Å². The van der Waals surface area contributed by atoms with Crippen LogP contribution in [0.1, 0.15) is 52.9 Å². The molecule has 0 spiro atoms. The number of hydrogen-bond acceptors (Lipinski definition) is 2. The maximum absolute atomic E-state index is 12.5. The largest absolute Gasteiger partial charge is 0.480 e. The van der Waals surface area contributed by atoms with Gasteiger partial charge in [0.1, 0.15) is 5.54 Å². The van der Waals surface area contributed by atoms with Crippen molar-refractivity contribution in [2.75, 3.05) is 6.54 Å². The van der Waals surface area contributed by atoms with Gasteiger partial charge in [-0.15, -0.1) is 6.58 Å². The van der Waals surface area contributed by atoms with E-state index in [-0.39, 0.29) is 11.6 Å². The molecule has 1 aliphatic rings. The number of carboxylic acid groups (broad SMARTS) is 1. The minimum Gasteiger partial charge on any atom is -0.480 e. The monoisotopic (exact) mass is 282 g/mol. The maximum atomic E-state index is 12.5. The molecule has 0 bridgehead atoms. The predicted octanol–water partition coefficient (Wildman–Crippen LogP) is 2.77. The zero-order chi connectivity index (χ0) is 15.4. The van der Waals surface area contributed by atoms with Gasteiger partial charge in [0.2, 0.25) is 0 Å². The van der Waals surface area contributed by atoms with E-state index < -0.39 is 11.5 Å². The van der Waals surface area contributed by atoms with E-state index in [4.69, 9.17) is 0 Å². The fourth-order valence-corrected chi connectivity index (χ4v) is 2.61. The summed E-state index contributed by atoms with van der Waals surface area (Å²) in [5, 5.41) is 12.3. The lowest BCUT2D eigenvalue weighted by Crippen LogP contribution is -2.61. The van der Waals surface area contributed by atoms with Gasteiger partial charge in [0.05, 0.1) is 0 Å². The van der Waals surface area contributed by atoms with Crippen molar-refractivity contribution < 1.29 is 14.7 Å². The van der Waals surface area contributed by atoms with E-state index in [2.05, 4.69) is 11.9 Å². The molecular formula is C15H26N2O3. The first-order valence-corrected chi connectivity index (χ1v) is 7.17. The molecule has 0 aliphatic heterocycles. The highest BCUT2D eigenvalue weighted by atomic mass is 16.4. The number of rotatable bonds is 4. The van der Waals surface area contributed by atoms with E-state index in [1.807, 2.05) is 20.8 Å². The van der Waals surface area contributed by atoms with Gasteiger partial charge >= 0.3 is 12.0 Å². The van der Waals surface area contributed by atoms with Gasteiger partial charge in [-0.3, -0.25) is 0 Å². The van der Waals surface area contributed by atoms with Gasteiger partial charge < -0.3 is 15.3 Å². The summed E-state index contributed by atoms with van der Waals surface area (Å²) in [5.41, 5.74) is -1.49. The topological polar surface area (TPSA) is 69.6 Å². The van der Waals surface area contributed by atoms with Crippen molar-refractivity contribution in [1.29, 1.82) is 0 Å². The molecule has 0 radical (unpaired) electrons. The van der Waals surface area contributed by atoms with Crippen LogP contribution < -0.4 is 5.32 Å². The first-order valence-electron chi connectivity index (χ1n) is 7.17. The molecule has 0 aromatic rings. The summed E-state index contributed by atoms with van der Waals surface area (Å²) in [5.74, 6) is -0.932. The van der Waals surface area contributed by atoms with Crippen molar-refractivity contribution in [1.82, 2.24) is 10.2 Å². The zero-order valence-electron chi connectivity index (χ0n) is 12.7. The van der Waals surface area contributed by atoms with Crippen molar-refractivity contribution in [2.45, 2.75) is 64.0 Å². The number of nitrogens with one attached hydrogen (secondary N) is 1. The molecule has 5 nitrogen and oxygen atoms in total. The fourth-order valence-electron chi connectivity index (χ4n) is 2.61. The molecular weight excluding hydrogens is 256 g/mol. The van der Waals surface area contributed by atoms with Crippen LogP contribution in [0.5, 0.6) is 0 Å². The molecule has 0 heterocycles. The normalized spacial score (nSPS) is 18.1. The zero-order valence-corrected chi connectivity index (χ0v) is 12.7. The average Bonchev–Trinajstić information content (AvgIpc) is 2.35. The Labute approximate surface area is 121 Å². The minimum absolute atomic E-state index is 0.332. The standard InChI is InChI=1S/C15H26N2O3/c1-5-11-17(14(2,3)4)13(20)16-15(12(18)19)9-7-6-8-10-15/h5H,1,6-11H2,2-4H3,(H,16,20)(H,18,19). The number of urea groups is 1. The van der Waals surface area contributed by atoms with Gasteiger partial charge in [-0.1, -0.05) is 25.3 Å². The maximum Gasteiger partial charge on any atom is 0.329 e. The Hall–Kier alpha value is -1.52. The van der Waals surface area contributed by atoms with Crippen LogP contribution in [0.15, 0.2) is 12.7 Å². The number of carbonyl (C=O) groups excluding carboxylic acids is 1. The highest BCUT2D eigenvalue weighted by Crippen LogP contribution is 2.29. The van der Waals surface area contributed by atoms with Crippen LogP contribution in [-0.2, 0) is 4.79 Å². The van der Waals surface area contributed by atoms with Gasteiger partial charge in [0.15, 0.2) is 0 Å². The summed E-state index contributed by atoms with van der Waals surface area (Å²) in [6, 6.07) is -0.332. The second-order valence-electron chi connectivity index (χ2n) is 6.45. The van der Waals surface area contributed by atoms with E-state index in [1.165, 1.54) is 0 Å². The summed E-state index contributed by atoms with van der Waals surface area (Å²) in [4.78, 5) is 25.7. The van der Waals surface area contributed by atoms with E-state index in [9.17, 15) is 14.7 Å². The van der Waals surface area contributed by atoms with Crippen molar-refractivity contribution in [3.63, 3.8) is 0 Å². The second-order valence-corrected chi connectivity index (χ2v) is 6.45. The highest BCUT2D eigenvalue weighted by Gasteiger charge is 2.42. The third-order valence-electron chi connectivity index (χ3n) is 3.83. The Morgan fingerprint density at radius 2 is 1.85 bits per heavy atom. The molecule has 2 N–H and O–H groups in total. The van der Waals surface area contributed by atoms with Crippen LogP contribution in [0, 0.1) is 0 Å². The molecule has 1 fully saturated rings. The Morgan fingerprint density at radius 1 is 1.30 bits per heavy atom. The molecule has 5 heteroatoms. The number of amides is 2. The third kappa shape index (κ3) is 3.74. The Bertz CT molecular complexity index is 379. The number of aliphatic carboxylic acids is 1. The van der Waals surface area contributed by atoms with E-state index in [1.54, 1.807) is 11.0 Å². The number of carboxylic acids is 1. The van der Waals surface area contributed by atoms with Crippen molar-refractivity contribution in [3.05, 3.63) is 12.7 Å². The van der Waals surface area contributed by atoms with Gasteiger partial charge in [0.25, 0.3) is 0 Å². The number of carbonyl (C=O) groups is 2. The predicted molar refractivity (Wildman–Crippen MR) is 78.6 cm³/mol. The van der Waals surface area contributed by atoms with Crippen LogP contribution in [0.25, 0.3) is 0 Å². The van der Waals surface area contributed by atoms with Gasteiger partial charge in [-0.25, -0.2) is 9.59 Å². The lowest BCUT2D eigenvalue weighted by Gasteiger charge is -2.40. The molecule has 0 aromatic heterocycles. The first kappa shape index (κ1) is 16.5. The van der Waals surface area contributed by atoms with Crippen molar-refractivity contribution in [2.24, 2.45) is 0 Å². The van der Waals surface area contributed by atoms with E-state index in [0.717, 1.165) is 19.3 Å². The van der Waals surface area contributed by atoms with Gasteiger partial charge in [-0.05, 0) is 33.6 Å². The molecule has 1 rings (SSSR count). The van der Waals surface area contributed by atoms with Crippen LogP contribution in [0.3, 0.4) is 0 Å². The molecule has 0 aromatic carbocycles. The highest BCUT2D eigenvalue weighted by molar-refractivity contribution is 5.86. The van der Waals surface area contributed by atoms with Crippen LogP contribution in [0.4, 0.5) is 4.79 Å². The smallest absolute Gasteiger partial charge is 0.329 e. The first-order chi connectivity index (χ1) is 9.23. The molecule has 1 saturated carbocycles. The lowest BCUT2D eigenvalue weighted by atomic mass is 9.82. The Morgan fingerprint density at radius 3 is 2.25 bits per heavy atom. The molecule has 0 unspecified atom stereocenters. The lowest BCUT2D eigenvalue weighted by molar-refractivity contribution is -0.146. The van der Waals surface area contributed by atoms with Crippen LogP contribution >= 0.6 is 0 Å². The molecule has 1 aliphatic carbocycles. The molecule has 114 valence electrons. The number of nitrogens with zero attached hydrogens (tertiary/aromatic N) is 1.